The number of rotatable bonds is 5. The first-order valence-electron chi connectivity index (χ1n) is 9.05. The molecule has 0 spiro atoms. The van der Waals surface area contributed by atoms with Crippen LogP contribution in [0, 0.1) is 0 Å². The molecule has 0 radical (unpaired) electrons. The quantitative estimate of drug-likeness (QED) is 0.664. The van der Waals surface area contributed by atoms with Gasteiger partial charge in [-0.15, -0.1) is 0 Å². The summed E-state index contributed by atoms with van der Waals surface area (Å²) in [6, 6.07) is 10.2. The second kappa shape index (κ2) is 8.50. The molecule has 0 fully saturated rings. The zero-order valence-corrected chi connectivity index (χ0v) is 16.1. The van der Waals surface area contributed by atoms with Gasteiger partial charge in [-0.3, -0.25) is 9.59 Å². The molecule has 2 aromatic carbocycles. The van der Waals surface area contributed by atoms with E-state index in [4.69, 9.17) is 25.8 Å². The van der Waals surface area contributed by atoms with Crippen molar-refractivity contribution in [2.24, 2.45) is 0 Å². The Morgan fingerprint density at radius 2 is 1.97 bits per heavy atom. The molecular formula is C20H18ClN3O5. The van der Waals surface area contributed by atoms with Crippen LogP contribution in [0.4, 0.5) is 5.69 Å². The first-order chi connectivity index (χ1) is 14.1. The molecule has 0 saturated carbocycles. The average Bonchev–Trinajstić information content (AvgIpc) is 2.93. The number of amides is 1. The van der Waals surface area contributed by atoms with Crippen molar-refractivity contribution in [3.05, 3.63) is 57.6 Å². The first-order valence-corrected chi connectivity index (χ1v) is 9.42. The van der Waals surface area contributed by atoms with E-state index in [1.807, 2.05) is 0 Å². The van der Waals surface area contributed by atoms with Crippen molar-refractivity contribution in [3.63, 3.8) is 0 Å². The maximum Gasteiger partial charge on any atom is 0.258 e. The zero-order chi connectivity index (χ0) is 20.2. The van der Waals surface area contributed by atoms with Crippen LogP contribution < -0.4 is 20.3 Å². The fraction of sp³-hybridized carbons (Fsp3) is 0.250. The van der Waals surface area contributed by atoms with Crippen molar-refractivity contribution >= 4 is 34.1 Å². The highest BCUT2D eigenvalue weighted by molar-refractivity contribution is 6.34. The Balaban J connectivity index is 1.37. The Morgan fingerprint density at radius 1 is 1.21 bits per heavy atom. The molecule has 2 heterocycles. The molecule has 150 valence electrons. The van der Waals surface area contributed by atoms with Gasteiger partial charge in [0.1, 0.15) is 19.0 Å². The maximum atomic E-state index is 12.2. The number of benzene rings is 2. The molecule has 8 nitrogen and oxygen atoms in total. The summed E-state index contributed by atoms with van der Waals surface area (Å²) in [5, 5.41) is 3.52. The number of carbonyl (C=O) groups is 1. The third kappa shape index (κ3) is 4.49. The van der Waals surface area contributed by atoms with E-state index in [1.165, 1.54) is 0 Å². The summed E-state index contributed by atoms with van der Waals surface area (Å²) in [6.45, 7) is 0.833. The van der Waals surface area contributed by atoms with Gasteiger partial charge in [0, 0.05) is 18.6 Å². The maximum absolute atomic E-state index is 12.2. The Labute approximate surface area is 170 Å². The van der Waals surface area contributed by atoms with Gasteiger partial charge >= 0.3 is 0 Å². The predicted octanol–water partition coefficient (Wildman–Crippen LogP) is 2.89. The number of halogens is 1. The van der Waals surface area contributed by atoms with Crippen LogP contribution in [0.2, 0.25) is 5.02 Å². The van der Waals surface area contributed by atoms with Crippen LogP contribution >= 0.6 is 11.6 Å². The first kappa shape index (κ1) is 19.2. The van der Waals surface area contributed by atoms with Crippen molar-refractivity contribution in [3.8, 4) is 11.5 Å². The second-order valence-corrected chi connectivity index (χ2v) is 6.81. The number of fused-ring (bicyclic) bond motifs is 2. The minimum Gasteiger partial charge on any atom is -0.490 e. The highest BCUT2D eigenvalue weighted by Crippen LogP contribution is 2.37. The minimum atomic E-state index is -0.399. The van der Waals surface area contributed by atoms with Gasteiger partial charge < -0.3 is 24.5 Å². The fourth-order valence-electron chi connectivity index (χ4n) is 2.91. The van der Waals surface area contributed by atoms with Crippen molar-refractivity contribution in [2.75, 3.05) is 25.1 Å². The number of aromatic nitrogens is 2. The lowest BCUT2D eigenvalue weighted by Gasteiger charge is -2.12. The van der Waals surface area contributed by atoms with Crippen molar-refractivity contribution < 1.29 is 19.0 Å². The summed E-state index contributed by atoms with van der Waals surface area (Å²) in [6.07, 6.45) is 0.771. The topological polar surface area (TPSA) is 103 Å². The average molecular weight is 416 g/mol. The molecule has 4 rings (SSSR count). The molecule has 3 aromatic rings. The summed E-state index contributed by atoms with van der Waals surface area (Å²) in [4.78, 5) is 31.2. The lowest BCUT2D eigenvalue weighted by atomic mass is 10.2. The molecule has 1 amide bonds. The molecule has 0 aliphatic carbocycles. The van der Waals surface area contributed by atoms with Gasteiger partial charge in [-0.25, -0.2) is 4.98 Å². The Bertz CT molecular complexity index is 1110. The highest BCUT2D eigenvalue weighted by atomic mass is 35.5. The van der Waals surface area contributed by atoms with Gasteiger partial charge in [-0.2, -0.15) is 0 Å². The molecule has 1 aliphatic rings. The van der Waals surface area contributed by atoms with Crippen LogP contribution in [0.1, 0.15) is 12.2 Å². The predicted molar refractivity (Wildman–Crippen MR) is 108 cm³/mol. The van der Waals surface area contributed by atoms with E-state index in [0.717, 1.165) is 6.42 Å². The van der Waals surface area contributed by atoms with E-state index in [2.05, 4.69) is 15.3 Å². The molecule has 29 heavy (non-hydrogen) atoms. The number of H-pyrrole nitrogens is 1. The number of ether oxygens (including phenoxy) is 3. The van der Waals surface area contributed by atoms with E-state index in [0.29, 0.717) is 52.2 Å². The van der Waals surface area contributed by atoms with E-state index in [-0.39, 0.29) is 18.8 Å². The lowest BCUT2D eigenvalue weighted by Crippen LogP contribution is -2.20. The molecule has 0 bridgehead atoms. The number of hydrogen-bond donors (Lipinski definition) is 2. The molecule has 9 heteroatoms. The number of carbonyl (C=O) groups excluding carboxylic acids is 1. The number of nitrogens with zero attached hydrogens (tertiary/aromatic N) is 1. The second-order valence-electron chi connectivity index (χ2n) is 6.40. The van der Waals surface area contributed by atoms with Gasteiger partial charge in [0.05, 0.1) is 34.8 Å². The summed E-state index contributed by atoms with van der Waals surface area (Å²) < 4.78 is 16.5. The molecule has 2 N–H and O–H groups in total. The third-order valence-electron chi connectivity index (χ3n) is 4.25. The van der Waals surface area contributed by atoms with Gasteiger partial charge in [0.2, 0.25) is 5.91 Å². The van der Waals surface area contributed by atoms with Crippen LogP contribution in [0.3, 0.4) is 0 Å². The van der Waals surface area contributed by atoms with Crippen molar-refractivity contribution in [2.45, 2.75) is 13.0 Å². The van der Waals surface area contributed by atoms with Crippen LogP contribution in [-0.2, 0) is 16.1 Å². The van der Waals surface area contributed by atoms with Gasteiger partial charge in [-0.05, 0) is 12.1 Å². The van der Waals surface area contributed by atoms with Crippen LogP contribution in [0.25, 0.3) is 10.9 Å². The summed E-state index contributed by atoms with van der Waals surface area (Å²) >= 11 is 6.22. The number of hydrogen-bond acceptors (Lipinski definition) is 6. The number of para-hydroxylation sites is 1. The Kier molecular flexibility index (Phi) is 5.64. The van der Waals surface area contributed by atoms with Crippen LogP contribution in [-0.4, -0.2) is 35.7 Å². The van der Waals surface area contributed by atoms with Gasteiger partial charge in [0.15, 0.2) is 11.5 Å². The van der Waals surface area contributed by atoms with E-state index >= 15 is 0 Å². The van der Waals surface area contributed by atoms with Gasteiger partial charge in [-0.1, -0.05) is 23.7 Å². The fourth-order valence-corrected chi connectivity index (χ4v) is 3.11. The molecule has 0 atom stereocenters. The molecular weight excluding hydrogens is 398 g/mol. The van der Waals surface area contributed by atoms with E-state index < -0.39 is 5.91 Å². The SMILES string of the molecule is O=C(COCc1nc2ccccc2c(=O)[nH]1)Nc1cc2c(cc1Cl)OCCCO2. The smallest absolute Gasteiger partial charge is 0.258 e. The van der Waals surface area contributed by atoms with Crippen molar-refractivity contribution in [1.82, 2.24) is 9.97 Å². The van der Waals surface area contributed by atoms with E-state index in [1.54, 1.807) is 36.4 Å². The largest absolute Gasteiger partial charge is 0.490 e. The summed E-state index contributed by atoms with van der Waals surface area (Å²) in [5.74, 6) is 1.02. The van der Waals surface area contributed by atoms with E-state index in [9.17, 15) is 9.59 Å². The zero-order valence-electron chi connectivity index (χ0n) is 15.4. The van der Waals surface area contributed by atoms with Crippen molar-refractivity contribution in [1.29, 1.82) is 0 Å². The minimum absolute atomic E-state index is 0.0115. The molecule has 1 aliphatic heterocycles. The highest BCUT2D eigenvalue weighted by Gasteiger charge is 2.16. The summed E-state index contributed by atoms with van der Waals surface area (Å²) in [7, 11) is 0. The molecule has 1 aromatic heterocycles. The lowest BCUT2D eigenvalue weighted by molar-refractivity contribution is -0.121. The third-order valence-corrected chi connectivity index (χ3v) is 4.56. The normalized spacial score (nSPS) is 13.1. The Hall–Kier alpha value is -3.10. The number of aromatic amines is 1. The molecule has 0 saturated heterocycles. The standard InChI is InChI=1S/C20H18ClN3O5/c21-13-8-16-17(29-7-3-6-28-16)9-15(13)23-19(25)11-27-10-18-22-14-5-2-1-4-12(14)20(26)24-18/h1-2,4-5,8-9H,3,6-7,10-11H2,(H,23,25)(H,22,24,26). The number of nitrogens with one attached hydrogen (secondary N) is 2. The van der Waals surface area contributed by atoms with Crippen LogP contribution in [0.15, 0.2) is 41.2 Å². The number of anilines is 1. The van der Waals surface area contributed by atoms with Gasteiger partial charge in [0.25, 0.3) is 5.56 Å². The summed E-state index contributed by atoms with van der Waals surface area (Å²) in [5.41, 5.74) is 0.720. The molecule has 0 unspecified atom stereocenters. The monoisotopic (exact) mass is 415 g/mol. The Morgan fingerprint density at radius 3 is 2.79 bits per heavy atom. The van der Waals surface area contributed by atoms with Crippen LogP contribution in [0.5, 0.6) is 11.5 Å².